The third-order valence-electron chi connectivity index (χ3n) is 4.25. The molecule has 1 fully saturated rings. The summed E-state index contributed by atoms with van der Waals surface area (Å²) in [6.07, 6.45) is 1.86. The Bertz CT molecular complexity index is 824. The molecular formula is C21H23N3O3. The molecule has 6 nitrogen and oxygen atoms in total. The average Bonchev–Trinajstić information content (AvgIpc) is 2.70. The van der Waals surface area contributed by atoms with Crippen molar-refractivity contribution in [2.24, 2.45) is 5.10 Å². The van der Waals surface area contributed by atoms with Crippen molar-refractivity contribution in [3.63, 3.8) is 0 Å². The average molecular weight is 365 g/mol. The van der Waals surface area contributed by atoms with Crippen LogP contribution < -0.4 is 5.43 Å². The van der Waals surface area contributed by atoms with Crippen LogP contribution in [0.25, 0.3) is 5.57 Å². The van der Waals surface area contributed by atoms with Crippen molar-refractivity contribution in [1.82, 2.24) is 4.90 Å². The van der Waals surface area contributed by atoms with E-state index in [2.05, 4.69) is 15.4 Å². The molecule has 0 amide bonds. The van der Waals surface area contributed by atoms with Crippen molar-refractivity contribution >= 4 is 22.9 Å². The summed E-state index contributed by atoms with van der Waals surface area (Å²) in [7, 11) is 0. The number of carbonyl (C=O) groups is 1. The summed E-state index contributed by atoms with van der Waals surface area (Å²) in [6.45, 7) is 4.68. The van der Waals surface area contributed by atoms with Gasteiger partial charge in [0.15, 0.2) is 5.71 Å². The molecule has 1 saturated heterocycles. The highest BCUT2D eigenvalue weighted by Crippen LogP contribution is 2.19. The van der Waals surface area contributed by atoms with Crippen molar-refractivity contribution < 1.29 is 14.6 Å². The Morgan fingerprint density at radius 3 is 2.41 bits per heavy atom. The van der Waals surface area contributed by atoms with Gasteiger partial charge in [0.05, 0.1) is 18.9 Å². The van der Waals surface area contributed by atoms with Gasteiger partial charge < -0.3 is 14.7 Å². The summed E-state index contributed by atoms with van der Waals surface area (Å²) in [5.41, 5.74) is 6.05. The molecule has 1 heterocycles. The second-order valence-corrected chi connectivity index (χ2v) is 6.30. The third-order valence-corrected chi connectivity index (χ3v) is 4.25. The molecule has 140 valence electrons. The summed E-state index contributed by atoms with van der Waals surface area (Å²) < 4.78 is 5.38. The third kappa shape index (κ3) is 5.18. The van der Waals surface area contributed by atoms with E-state index >= 15 is 0 Å². The van der Waals surface area contributed by atoms with Gasteiger partial charge in [0.25, 0.3) is 0 Å². The van der Waals surface area contributed by atoms with E-state index in [0.29, 0.717) is 31.9 Å². The van der Waals surface area contributed by atoms with E-state index in [4.69, 9.17) is 4.74 Å². The maximum atomic E-state index is 12.0. The molecule has 2 aromatic carbocycles. The first-order valence-electron chi connectivity index (χ1n) is 8.86. The topological polar surface area (TPSA) is 74.2 Å². The van der Waals surface area contributed by atoms with Crippen molar-refractivity contribution in [2.75, 3.05) is 31.7 Å². The van der Waals surface area contributed by atoms with Gasteiger partial charge in [-0.1, -0.05) is 48.0 Å². The first-order valence-corrected chi connectivity index (χ1v) is 8.86. The highest BCUT2D eigenvalue weighted by molar-refractivity contribution is 6.53. The second-order valence-electron chi connectivity index (χ2n) is 6.30. The number of nitrogens with zero attached hydrogens (tertiary/aromatic N) is 2. The molecule has 0 spiro atoms. The molecule has 6 heteroatoms. The van der Waals surface area contributed by atoms with Crippen LogP contribution in [0.5, 0.6) is 0 Å². The predicted octanol–water partition coefficient (Wildman–Crippen LogP) is 3.22. The molecule has 0 aromatic heterocycles. The number of rotatable bonds is 6. The number of ether oxygens (including phenoxy) is 1. The number of aliphatic carboxylic acids is 1. The van der Waals surface area contributed by atoms with Crippen molar-refractivity contribution in [1.29, 1.82) is 0 Å². The zero-order valence-corrected chi connectivity index (χ0v) is 15.3. The van der Waals surface area contributed by atoms with Crippen molar-refractivity contribution in [3.8, 4) is 0 Å². The number of carboxylic acid groups (broad SMARTS) is 1. The van der Waals surface area contributed by atoms with Crippen molar-refractivity contribution in [3.05, 3.63) is 71.9 Å². The van der Waals surface area contributed by atoms with Gasteiger partial charge in [-0.25, -0.2) is 4.79 Å². The zero-order valence-electron chi connectivity index (χ0n) is 15.3. The maximum absolute atomic E-state index is 12.0. The quantitative estimate of drug-likeness (QED) is 0.607. The van der Waals surface area contributed by atoms with Gasteiger partial charge in [0.1, 0.15) is 0 Å². The van der Waals surface area contributed by atoms with Gasteiger partial charge in [-0.15, -0.1) is 0 Å². The number of hydrogen-bond acceptors (Lipinski definition) is 5. The number of hydrazone groups is 1. The zero-order chi connectivity index (χ0) is 19.1. The SMILES string of the molecule is Cc1ccc(N/N=C(C(=O)O)/C(=C/N2CCOCC2)c2ccccc2)cc1. The number of aryl methyl sites for hydroxylation is 1. The summed E-state index contributed by atoms with van der Waals surface area (Å²) in [5, 5.41) is 14.0. The molecule has 0 radical (unpaired) electrons. The molecule has 2 N–H and O–H groups in total. The minimum absolute atomic E-state index is 0.0340. The molecule has 27 heavy (non-hydrogen) atoms. The molecule has 0 atom stereocenters. The Hall–Kier alpha value is -3.12. The number of benzene rings is 2. The highest BCUT2D eigenvalue weighted by Gasteiger charge is 2.20. The van der Waals surface area contributed by atoms with Gasteiger partial charge in [0.2, 0.25) is 0 Å². The molecule has 0 saturated carbocycles. The normalized spacial score (nSPS) is 15.5. The fourth-order valence-corrected chi connectivity index (χ4v) is 2.75. The lowest BCUT2D eigenvalue weighted by Crippen LogP contribution is -2.33. The van der Waals surface area contributed by atoms with E-state index in [1.165, 1.54) is 0 Å². The van der Waals surface area contributed by atoms with Crippen LogP contribution in [0.15, 0.2) is 65.9 Å². The lowest BCUT2D eigenvalue weighted by Gasteiger charge is -2.26. The predicted molar refractivity (Wildman–Crippen MR) is 107 cm³/mol. The minimum atomic E-state index is -1.09. The van der Waals surface area contributed by atoms with Gasteiger partial charge in [0, 0.05) is 24.9 Å². The number of morpholine rings is 1. The standard InChI is InChI=1S/C21H23N3O3/c1-16-7-9-18(10-8-16)22-23-20(21(25)26)19(17-5-3-2-4-6-17)15-24-11-13-27-14-12-24/h2-10,15,22H,11-14H2,1H3,(H,25,26)/b19-15+,23-20-. The van der Waals surface area contributed by atoms with Crippen LogP contribution in [0.4, 0.5) is 5.69 Å². The van der Waals surface area contributed by atoms with Crippen LogP contribution in [-0.4, -0.2) is 48.0 Å². The van der Waals surface area contributed by atoms with Gasteiger partial charge in [-0.05, 0) is 24.6 Å². The molecule has 3 rings (SSSR count). The minimum Gasteiger partial charge on any atom is -0.476 e. The fourth-order valence-electron chi connectivity index (χ4n) is 2.75. The van der Waals surface area contributed by atoms with E-state index in [1.54, 1.807) is 0 Å². The first kappa shape index (κ1) is 18.7. The van der Waals surface area contributed by atoms with E-state index in [1.807, 2.05) is 67.7 Å². The largest absolute Gasteiger partial charge is 0.476 e. The molecule has 0 aliphatic carbocycles. The highest BCUT2D eigenvalue weighted by atomic mass is 16.5. The molecule has 1 aliphatic rings. The van der Waals surface area contributed by atoms with Crippen LogP contribution in [0.2, 0.25) is 0 Å². The Morgan fingerprint density at radius 2 is 1.78 bits per heavy atom. The maximum Gasteiger partial charge on any atom is 0.357 e. The molecule has 1 aliphatic heterocycles. The number of nitrogens with one attached hydrogen (secondary N) is 1. The van der Waals surface area contributed by atoms with E-state index in [9.17, 15) is 9.90 Å². The molecule has 0 bridgehead atoms. The molecule has 2 aromatic rings. The summed E-state index contributed by atoms with van der Waals surface area (Å²) in [4.78, 5) is 14.0. The Labute approximate surface area is 158 Å². The van der Waals surface area contributed by atoms with Crippen LogP contribution in [-0.2, 0) is 9.53 Å². The van der Waals surface area contributed by atoms with E-state index in [0.717, 1.165) is 16.8 Å². The first-order chi connectivity index (χ1) is 13.1. The Balaban J connectivity index is 1.95. The molecule has 0 unspecified atom stereocenters. The summed E-state index contributed by atoms with van der Waals surface area (Å²) in [6, 6.07) is 17.1. The summed E-state index contributed by atoms with van der Waals surface area (Å²) >= 11 is 0. The fraction of sp³-hybridized carbons (Fsp3) is 0.238. The monoisotopic (exact) mass is 365 g/mol. The van der Waals surface area contributed by atoms with Crippen LogP contribution in [0, 0.1) is 6.92 Å². The van der Waals surface area contributed by atoms with Crippen LogP contribution in [0.3, 0.4) is 0 Å². The second kappa shape index (κ2) is 9.00. The smallest absolute Gasteiger partial charge is 0.357 e. The van der Waals surface area contributed by atoms with Gasteiger partial charge in [-0.2, -0.15) is 5.10 Å². The van der Waals surface area contributed by atoms with Crippen LogP contribution in [0.1, 0.15) is 11.1 Å². The number of carboxylic acids is 1. The van der Waals surface area contributed by atoms with E-state index in [-0.39, 0.29) is 5.71 Å². The van der Waals surface area contributed by atoms with Crippen molar-refractivity contribution in [2.45, 2.75) is 6.92 Å². The summed E-state index contributed by atoms with van der Waals surface area (Å²) in [5.74, 6) is -1.09. The van der Waals surface area contributed by atoms with Crippen LogP contribution >= 0.6 is 0 Å². The number of anilines is 1. The Morgan fingerprint density at radius 1 is 1.11 bits per heavy atom. The van der Waals surface area contributed by atoms with Gasteiger partial charge in [-0.3, -0.25) is 5.43 Å². The number of hydrogen-bond donors (Lipinski definition) is 2. The lowest BCUT2D eigenvalue weighted by atomic mass is 10.0. The Kier molecular flexibility index (Phi) is 6.22. The van der Waals surface area contributed by atoms with E-state index < -0.39 is 5.97 Å². The molecular weight excluding hydrogens is 342 g/mol. The van der Waals surface area contributed by atoms with Gasteiger partial charge >= 0.3 is 5.97 Å². The lowest BCUT2D eigenvalue weighted by molar-refractivity contribution is -0.129.